The molecule has 298 valence electrons. The van der Waals surface area contributed by atoms with Gasteiger partial charge in [0.25, 0.3) is 0 Å². The van der Waals surface area contributed by atoms with Crippen LogP contribution >= 0.6 is 24.0 Å². The van der Waals surface area contributed by atoms with Crippen LogP contribution < -0.4 is 15.1 Å². The lowest BCUT2D eigenvalue weighted by atomic mass is 10.1. The number of hydrogen-bond acceptors (Lipinski definition) is 9. The van der Waals surface area contributed by atoms with Gasteiger partial charge in [-0.3, -0.25) is 0 Å². The van der Waals surface area contributed by atoms with Gasteiger partial charge in [0.1, 0.15) is 5.01 Å². The van der Waals surface area contributed by atoms with Crippen molar-refractivity contribution in [2.24, 2.45) is 0 Å². The molecule has 1 aromatic carbocycles. The molecule has 7 nitrogen and oxygen atoms in total. The molecule has 0 aliphatic carbocycles. The van der Waals surface area contributed by atoms with Crippen molar-refractivity contribution in [1.29, 1.82) is 0 Å². The first kappa shape index (κ1) is 45.0. The van der Waals surface area contributed by atoms with E-state index < -0.39 is 0 Å². The maximum absolute atomic E-state index is 5.34. The zero-order valence-electron chi connectivity index (χ0n) is 34.2. The van der Waals surface area contributed by atoms with Crippen LogP contribution in [0.3, 0.4) is 0 Å². The Balaban J connectivity index is 1.96. The number of anilines is 4. The molecule has 0 spiro atoms. The monoisotopic (exact) mass is 766 g/mol. The predicted octanol–water partition coefficient (Wildman–Crippen LogP) is 14.1. The summed E-state index contributed by atoms with van der Waals surface area (Å²) in [7, 11) is 0. The number of thiazole rings is 1. The molecule has 0 saturated heterocycles. The summed E-state index contributed by atoms with van der Waals surface area (Å²) in [6.45, 7) is 13.1. The minimum atomic E-state index is 0.605. The smallest absolute Gasteiger partial charge is 0.233 e. The number of nitrogens with one attached hydrogen (secondary N) is 1. The van der Waals surface area contributed by atoms with E-state index in [2.05, 4.69) is 53.9 Å². The van der Waals surface area contributed by atoms with Crippen molar-refractivity contribution in [2.75, 3.05) is 41.3 Å². The van der Waals surface area contributed by atoms with Gasteiger partial charge in [0.15, 0.2) is 0 Å². The van der Waals surface area contributed by atoms with Gasteiger partial charge < -0.3 is 15.1 Å². The summed E-state index contributed by atoms with van der Waals surface area (Å²) in [5, 5.41) is 6.61. The molecule has 2 aromatic heterocycles. The Morgan fingerprint density at radius 1 is 0.547 bits per heavy atom. The van der Waals surface area contributed by atoms with Gasteiger partial charge in [0.05, 0.1) is 5.69 Å². The van der Waals surface area contributed by atoms with Gasteiger partial charge in [-0.2, -0.15) is 15.0 Å². The quantitative estimate of drug-likeness (QED) is 0.0472. The van der Waals surface area contributed by atoms with Gasteiger partial charge in [0, 0.05) is 48.2 Å². The maximum atomic E-state index is 5.34. The second-order valence-electron chi connectivity index (χ2n) is 15.0. The SMILES string of the molecule is CCCCCCCCN(CCCCCCCC)c1nc(Nc2cccc(S)c2-c2nccs2)nc(N(CCCCCCCC)CCCCCCCC)n1. The molecule has 1 N–H and O–H groups in total. The fourth-order valence-electron chi connectivity index (χ4n) is 6.98. The van der Waals surface area contributed by atoms with E-state index >= 15 is 0 Å². The average Bonchev–Trinajstić information content (AvgIpc) is 3.70. The van der Waals surface area contributed by atoms with Gasteiger partial charge in [-0.05, 0) is 37.8 Å². The van der Waals surface area contributed by atoms with Crippen molar-refractivity contribution >= 4 is 47.5 Å². The van der Waals surface area contributed by atoms with Gasteiger partial charge in [-0.15, -0.1) is 24.0 Å². The van der Waals surface area contributed by atoms with Crippen LogP contribution in [0.2, 0.25) is 0 Å². The molecule has 53 heavy (non-hydrogen) atoms. The van der Waals surface area contributed by atoms with Gasteiger partial charge in [-0.25, -0.2) is 4.98 Å². The topological polar surface area (TPSA) is 70.1 Å². The Kier molecular flexibility index (Phi) is 24.6. The summed E-state index contributed by atoms with van der Waals surface area (Å²) < 4.78 is 0. The molecular formula is C44H75N7S2. The Bertz CT molecular complexity index is 1230. The molecule has 0 bridgehead atoms. The van der Waals surface area contributed by atoms with Gasteiger partial charge in [0.2, 0.25) is 17.8 Å². The van der Waals surface area contributed by atoms with Crippen molar-refractivity contribution in [3.63, 3.8) is 0 Å². The fraction of sp³-hybridized carbons (Fsp3) is 0.727. The van der Waals surface area contributed by atoms with Crippen LogP contribution in [-0.2, 0) is 0 Å². The van der Waals surface area contributed by atoms with Crippen molar-refractivity contribution in [3.05, 3.63) is 29.8 Å². The number of aromatic nitrogens is 4. The lowest BCUT2D eigenvalue weighted by molar-refractivity contribution is 0.564. The molecule has 3 rings (SSSR count). The first-order valence-electron chi connectivity index (χ1n) is 21.9. The van der Waals surface area contributed by atoms with E-state index in [-0.39, 0.29) is 0 Å². The Labute approximate surface area is 334 Å². The number of hydrogen-bond donors (Lipinski definition) is 2. The van der Waals surface area contributed by atoms with Crippen LogP contribution in [-0.4, -0.2) is 46.1 Å². The van der Waals surface area contributed by atoms with E-state index in [9.17, 15) is 0 Å². The normalized spacial score (nSPS) is 11.3. The van der Waals surface area contributed by atoms with E-state index in [4.69, 9.17) is 27.6 Å². The molecule has 2 heterocycles. The number of thiol groups is 1. The molecule has 0 saturated carbocycles. The van der Waals surface area contributed by atoms with Crippen LogP contribution in [0.5, 0.6) is 0 Å². The van der Waals surface area contributed by atoms with E-state index in [1.807, 2.05) is 23.7 Å². The molecule has 0 radical (unpaired) electrons. The van der Waals surface area contributed by atoms with Crippen LogP contribution in [0, 0.1) is 0 Å². The van der Waals surface area contributed by atoms with Gasteiger partial charge in [-0.1, -0.05) is 162 Å². The number of unbranched alkanes of at least 4 members (excludes halogenated alkanes) is 20. The van der Waals surface area contributed by atoms with Crippen LogP contribution in [0.15, 0.2) is 34.7 Å². The fourth-order valence-corrected chi connectivity index (χ4v) is 8.08. The summed E-state index contributed by atoms with van der Waals surface area (Å²) in [6, 6.07) is 6.16. The predicted molar refractivity (Wildman–Crippen MR) is 236 cm³/mol. The molecule has 0 atom stereocenters. The van der Waals surface area contributed by atoms with Crippen molar-refractivity contribution in [2.45, 2.75) is 187 Å². The third kappa shape index (κ3) is 18.2. The summed E-state index contributed by atoms with van der Waals surface area (Å²) in [5.74, 6) is 2.23. The Morgan fingerprint density at radius 3 is 1.36 bits per heavy atom. The lowest BCUT2D eigenvalue weighted by Gasteiger charge is -2.27. The molecule has 3 aromatic rings. The van der Waals surface area contributed by atoms with Crippen molar-refractivity contribution < 1.29 is 0 Å². The third-order valence-electron chi connectivity index (χ3n) is 10.2. The Morgan fingerprint density at radius 2 is 0.962 bits per heavy atom. The minimum Gasteiger partial charge on any atom is -0.341 e. The molecule has 0 unspecified atom stereocenters. The van der Waals surface area contributed by atoms with Crippen LogP contribution in [0.1, 0.15) is 182 Å². The number of nitrogens with zero attached hydrogens (tertiary/aromatic N) is 6. The summed E-state index contributed by atoms with van der Waals surface area (Å²) in [6.07, 6.45) is 32.5. The highest BCUT2D eigenvalue weighted by Crippen LogP contribution is 2.36. The first-order valence-corrected chi connectivity index (χ1v) is 23.2. The number of rotatable bonds is 33. The first-order chi connectivity index (χ1) is 26.1. The van der Waals surface area contributed by atoms with Crippen LogP contribution in [0.4, 0.5) is 23.5 Å². The standard InChI is InChI=1S/C44H75N7S2/c1-5-9-13-17-21-25-33-50(34-26-22-18-14-10-6-2)43-47-42(46-38-30-29-31-39(52)40(38)41-45-32-37-53-41)48-44(49-43)51(35-27-23-19-15-11-7-3)36-28-24-20-16-12-8-4/h29-32,37,52H,5-28,33-36H2,1-4H3,(H,46,47,48,49). The molecule has 0 aliphatic rings. The average molecular weight is 766 g/mol. The van der Waals surface area contributed by atoms with Crippen molar-refractivity contribution in [3.8, 4) is 10.6 Å². The largest absolute Gasteiger partial charge is 0.341 e. The highest BCUT2D eigenvalue weighted by Gasteiger charge is 2.20. The highest BCUT2D eigenvalue weighted by atomic mass is 32.1. The van der Waals surface area contributed by atoms with Crippen LogP contribution in [0.25, 0.3) is 10.6 Å². The summed E-state index contributed by atoms with van der Waals surface area (Å²) >= 11 is 6.48. The van der Waals surface area contributed by atoms with E-state index in [1.165, 1.54) is 154 Å². The van der Waals surface area contributed by atoms with E-state index in [0.29, 0.717) is 5.95 Å². The molecule has 0 aliphatic heterocycles. The minimum absolute atomic E-state index is 0.605. The summed E-state index contributed by atoms with van der Waals surface area (Å²) in [4.78, 5) is 26.2. The lowest BCUT2D eigenvalue weighted by Crippen LogP contribution is -2.32. The van der Waals surface area contributed by atoms with Gasteiger partial charge >= 0.3 is 0 Å². The third-order valence-corrected chi connectivity index (χ3v) is 11.4. The zero-order chi connectivity index (χ0) is 37.8. The van der Waals surface area contributed by atoms with E-state index in [0.717, 1.165) is 59.2 Å². The number of benzene rings is 1. The molecule has 0 amide bonds. The second-order valence-corrected chi connectivity index (χ2v) is 16.3. The maximum Gasteiger partial charge on any atom is 0.233 e. The Hall–Kier alpha value is -2.39. The second kappa shape index (κ2) is 29.0. The molecular weight excluding hydrogens is 691 g/mol. The zero-order valence-corrected chi connectivity index (χ0v) is 35.9. The van der Waals surface area contributed by atoms with Crippen molar-refractivity contribution in [1.82, 2.24) is 19.9 Å². The molecule has 0 fully saturated rings. The molecule has 9 heteroatoms. The summed E-state index contributed by atoms with van der Waals surface area (Å²) in [5.41, 5.74) is 1.91. The van der Waals surface area contributed by atoms with E-state index in [1.54, 1.807) is 11.3 Å². The highest BCUT2D eigenvalue weighted by molar-refractivity contribution is 7.80.